The number of pyridine rings is 1. The van der Waals surface area contributed by atoms with Gasteiger partial charge < -0.3 is 4.98 Å². The smallest absolute Gasteiger partial charge is 0.113 e. The number of nitrogens with zero attached hydrogens (tertiary/aromatic N) is 4. The van der Waals surface area contributed by atoms with Crippen LogP contribution in [0, 0.1) is 0 Å². The molecule has 1 N–H and O–H groups in total. The number of hydrogen-bond donors (Lipinski definition) is 1. The Kier molecular flexibility index (Phi) is 4.60. The van der Waals surface area contributed by atoms with Gasteiger partial charge in [-0.05, 0) is 23.8 Å². The number of aromatic nitrogens is 3. The van der Waals surface area contributed by atoms with Gasteiger partial charge in [0.05, 0.1) is 29.4 Å². The van der Waals surface area contributed by atoms with Gasteiger partial charge in [-0.2, -0.15) is 10.2 Å². The van der Waals surface area contributed by atoms with Crippen molar-refractivity contribution in [2.75, 3.05) is 0 Å². The van der Waals surface area contributed by atoms with E-state index in [1.807, 2.05) is 66.7 Å². The molecule has 0 radical (unpaired) electrons. The molecule has 0 spiro atoms. The van der Waals surface area contributed by atoms with E-state index in [1.54, 1.807) is 18.6 Å². The molecule has 0 aliphatic heterocycles. The van der Waals surface area contributed by atoms with E-state index in [0.29, 0.717) is 6.42 Å². The SMILES string of the molecule is C(=NN=C(Cc1nc2ccccc2[nH]1)c1ccccc1)c1cccnc1. The van der Waals surface area contributed by atoms with Gasteiger partial charge in [0.15, 0.2) is 0 Å². The van der Waals surface area contributed by atoms with Crippen LogP contribution in [0.1, 0.15) is 17.0 Å². The second-order valence-corrected chi connectivity index (χ2v) is 5.82. The van der Waals surface area contributed by atoms with Crippen LogP contribution in [0.3, 0.4) is 0 Å². The van der Waals surface area contributed by atoms with Crippen LogP contribution >= 0.6 is 0 Å². The summed E-state index contributed by atoms with van der Waals surface area (Å²) >= 11 is 0. The second-order valence-electron chi connectivity index (χ2n) is 5.82. The van der Waals surface area contributed by atoms with Crippen molar-refractivity contribution < 1.29 is 0 Å². The van der Waals surface area contributed by atoms with E-state index in [-0.39, 0.29) is 0 Å². The molecule has 2 heterocycles. The summed E-state index contributed by atoms with van der Waals surface area (Å²) in [5, 5.41) is 8.70. The highest BCUT2D eigenvalue weighted by Crippen LogP contribution is 2.13. The quantitative estimate of drug-likeness (QED) is 0.441. The van der Waals surface area contributed by atoms with Crippen molar-refractivity contribution in [3.05, 3.63) is 96.1 Å². The Hall–Kier alpha value is -3.60. The average Bonchev–Trinajstić information content (AvgIpc) is 3.11. The Morgan fingerprint density at radius 2 is 1.81 bits per heavy atom. The first-order valence-electron chi connectivity index (χ1n) is 8.37. The van der Waals surface area contributed by atoms with Crippen LogP contribution in [-0.2, 0) is 6.42 Å². The fraction of sp³-hybridized carbons (Fsp3) is 0.0476. The molecule has 0 atom stereocenters. The Bertz CT molecular complexity index is 1020. The number of rotatable bonds is 5. The van der Waals surface area contributed by atoms with Crippen molar-refractivity contribution >= 4 is 23.0 Å². The summed E-state index contributed by atoms with van der Waals surface area (Å²) in [5.74, 6) is 0.866. The van der Waals surface area contributed by atoms with Gasteiger partial charge in [0.25, 0.3) is 0 Å². The van der Waals surface area contributed by atoms with Gasteiger partial charge >= 0.3 is 0 Å². The molecule has 4 aromatic rings. The number of benzene rings is 2. The maximum atomic E-state index is 4.65. The normalized spacial score (nSPS) is 12.1. The fourth-order valence-electron chi connectivity index (χ4n) is 2.69. The van der Waals surface area contributed by atoms with E-state index in [2.05, 4.69) is 25.2 Å². The van der Waals surface area contributed by atoms with Gasteiger partial charge in [-0.15, -0.1) is 0 Å². The number of para-hydroxylation sites is 2. The zero-order valence-electron chi connectivity index (χ0n) is 14.1. The third kappa shape index (κ3) is 3.72. The first kappa shape index (κ1) is 15.9. The largest absolute Gasteiger partial charge is 0.342 e. The van der Waals surface area contributed by atoms with Gasteiger partial charge in [-0.1, -0.05) is 48.5 Å². The highest BCUT2D eigenvalue weighted by atomic mass is 15.2. The Labute approximate surface area is 151 Å². The van der Waals surface area contributed by atoms with Gasteiger partial charge in [0, 0.05) is 18.0 Å². The van der Waals surface area contributed by atoms with Crippen LogP contribution in [0.4, 0.5) is 0 Å². The molecule has 0 saturated carbocycles. The summed E-state index contributed by atoms with van der Waals surface area (Å²) in [6, 6.07) is 21.8. The van der Waals surface area contributed by atoms with Gasteiger partial charge in [0.2, 0.25) is 0 Å². The summed E-state index contributed by atoms with van der Waals surface area (Å²) in [7, 11) is 0. The zero-order valence-corrected chi connectivity index (χ0v) is 14.1. The lowest BCUT2D eigenvalue weighted by molar-refractivity contribution is 1.08. The maximum absolute atomic E-state index is 4.65. The lowest BCUT2D eigenvalue weighted by atomic mass is 10.1. The monoisotopic (exact) mass is 339 g/mol. The van der Waals surface area contributed by atoms with Crippen molar-refractivity contribution in [2.45, 2.75) is 6.42 Å². The summed E-state index contributed by atoms with van der Waals surface area (Å²) in [4.78, 5) is 12.1. The number of nitrogens with one attached hydrogen (secondary N) is 1. The van der Waals surface area contributed by atoms with Gasteiger partial charge in [-0.3, -0.25) is 4.98 Å². The minimum absolute atomic E-state index is 0.572. The summed E-state index contributed by atoms with van der Waals surface area (Å²) in [6.07, 6.45) is 5.76. The molecule has 26 heavy (non-hydrogen) atoms. The first-order valence-corrected chi connectivity index (χ1v) is 8.37. The third-order valence-corrected chi connectivity index (χ3v) is 3.95. The second kappa shape index (κ2) is 7.53. The highest BCUT2D eigenvalue weighted by molar-refractivity contribution is 6.02. The number of aromatic amines is 1. The molecule has 0 saturated heterocycles. The molecule has 0 fully saturated rings. The molecule has 5 nitrogen and oxygen atoms in total. The third-order valence-electron chi connectivity index (χ3n) is 3.95. The molecule has 2 aromatic heterocycles. The Morgan fingerprint density at radius 3 is 2.62 bits per heavy atom. The Balaban J connectivity index is 1.64. The number of H-pyrrole nitrogens is 1. The lowest BCUT2D eigenvalue weighted by Crippen LogP contribution is -2.06. The van der Waals surface area contributed by atoms with Crippen molar-refractivity contribution in [2.24, 2.45) is 10.2 Å². The van der Waals surface area contributed by atoms with Crippen LogP contribution in [0.25, 0.3) is 11.0 Å². The molecule has 4 rings (SSSR count). The molecule has 2 aromatic carbocycles. The standard InChI is InChI=1S/C21H17N5/c1-2-8-17(9-3-1)20(26-23-15-16-7-6-12-22-14-16)13-21-24-18-10-4-5-11-19(18)25-21/h1-12,14-15H,13H2,(H,24,25). The zero-order chi connectivity index (χ0) is 17.6. The van der Waals surface area contributed by atoms with Crippen molar-refractivity contribution in [1.29, 1.82) is 0 Å². The molecule has 126 valence electrons. The lowest BCUT2D eigenvalue weighted by Gasteiger charge is -2.03. The van der Waals surface area contributed by atoms with Crippen LogP contribution < -0.4 is 0 Å². The van der Waals surface area contributed by atoms with Crippen LogP contribution in [-0.4, -0.2) is 26.9 Å². The fourth-order valence-corrected chi connectivity index (χ4v) is 2.69. The van der Waals surface area contributed by atoms with Crippen LogP contribution in [0.15, 0.2) is 89.3 Å². The summed E-state index contributed by atoms with van der Waals surface area (Å²) in [6.45, 7) is 0. The van der Waals surface area contributed by atoms with E-state index in [9.17, 15) is 0 Å². The number of fused-ring (bicyclic) bond motifs is 1. The van der Waals surface area contributed by atoms with E-state index in [1.165, 1.54) is 0 Å². The van der Waals surface area contributed by atoms with E-state index < -0.39 is 0 Å². The average molecular weight is 339 g/mol. The van der Waals surface area contributed by atoms with Crippen molar-refractivity contribution in [3.8, 4) is 0 Å². The summed E-state index contributed by atoms with van der Waals surface area (Å²) < 4.78 is 0. The predicted octanol–water partition coefficient (Wildman–Crippen LogP) is 4.02. The van der Waals surface area contributed by atoms with E-state index in [4.69, 9.17) is 0 Å². The molecule has 0 aliphatic rings. The number of imidazole rings is 1. The summed E-state index contributed by atoms with van der Waals surface area (Å²) in [5.41, 5.74) is 4.76. The van der Waals surface area contributed by atoms with Crippen LogP contribution in [0.5, 0.6) is 0 Å². The first-order chi connectivity index (χ1) is 12.9. The number of hydrogen-bond acceptors (Lipinski definition) is 4. The van der Waals surface area contributed by atoms with Crippen LogP contribution in [0.2, 0.25) is 0 Å². The van der Waals surface area contributed by atoms with E-state index >= 15 is 0 Å². The minimum atomic E-state index is 0.572. The molecule has 0 bridgehead atoms. The van der Waals surface area contributed by atoms with Crippen molar-refractivity contribution in [1.82, 2.24) is 15.0 Å². The van der Waals surface area contributed by atoms with Gasteiger partial charge in [0.1, 0.15) is 5.82 Å². The predicted molar refractivity (Wildman–Crippen MR) is 105 cm³/mol. The molecular formula is C21H17N5. The molecule has 0 aliphatic carbocycles. The highest BCUT2D eigenvalue weighted by Gasteiger charge is 2.09. The topological polar surface area (TPSA) is 66.3 Å². The molecular weight excluding hydrogens is 322 g/mol. The molecule has 5 heteroatoms. The Morgan fingerprint density at radius 1 is 0.962 bits per heavy atom. The van der Waals surface area contributed by atoms with Gasteiger partial charge in [-0.25, -0.2) is 4.98 Å². The molecule has 0 amide bonds. The van der Waals surface area contributed by atoms with E-state index in [0.717, 1.165) is 33.7 Å². The molecule has 0 unspecified atom stereocenters. The maximum Gasteiger partial charge on any atom is 0.113 e. The van der Waals surface area contributed by atoms with Crippen molar-refractivity contribution in [3.63, 3.8) is 0 Å². The minimum Gasteiger partial charge on any atom is -0.342 e.